The molecular formula is C17H25ClN2O4. The number of alkyl halides is 1. The molecule has 1 aromatic rings. The maximum atomic E-state index is 11.9. The van der Waals surface area contributed by atoms with Gasteiger partial charge in [-0.3, -0.25) is 0 Å². The van der Waals surface area contributed by atoms with Gasteiger partial charge >= 0.3 is 12.1 Å². The standard InChI is InChI=1S/C17H25ClN2O4/c1-17(2,3)24-16(22)20-14(15(21)23-4)11-12-6-5-7-13(10-12)19-9-8-18/h5-7,10,14,19H,8-9,11H2,1-4H3,(H,20,22). The van der Waals surface area contributed by atoms with Gasteiger partial charge in [0.15, 0.2) is 0 Å². The summed E-state index contributed by atoms with van der Waals surface area (Å²) in [5.41, 5.74) is 1.13. The quantitative estimate of drug-likeness (QED) is 0.580. The lowest BCUT2D eigenvalue weighted by molar-refractivity contribution is -0.143. The Bertz CT molecular complexity index is 558. The summed E-state index contributed by atoms with van der Waals surface area (Å²) in [4.78, 5) is 23.9. The lowest BCUT2D eigenvalue weighted by atomic mass is 10.1. The van der Waals surface area contributed by atoms with Crippen molar-refractivity contribution < 1.29 is 19.1 Å². The van der Waals surface area contributed by atoms with Gasteiger partial charge < -0.3 is 20.1 Å². The molecular weight excluding hydrogens is 332 g/mol. The number of ether oxygens (including phenoxy) is 2. The molecule has 1 rings (SSSR count). The van der Waals surface area contributed by atoms with Gasteiger partial charge in [0.2, 0.25) is 0 Å². The molecule has 0 aromatic heterocycles. The predicted octanol–water partition coefficient (Wildman–Crippen LogP) is 2.95. The Hall–Kier alpha value is -1.95. The topological polar surface area (TPSA) is 76.7 Å². The molecule has 0 radical (unpaired) electrons. The fourth-order valence-electron chi connectivity index (χ4n) is 2.02. The molecule has 0 saturated heterocycles. The number of amides is 1. The van der Waals surface area contributed by atoms with Gasteiger partial charge in [-0.2, -0.15) is 0 Å². The fraction of sp³-hybridized carbons (Fsp3) is 0.529. The van der Waals surface area contributed by atoms with Crippen molar-refractivity contribution in [2.75, 3.05) is 24.9 Å². The predicted molar refractivity (Wildman–Crippen MR) is 94.5 cm³/mol. The first kappa shape index (κ1) is 20.1. The summed E-state index contributed by atoms with van der Waals surface area (Å²) in [5.74, 6) is -0.0325. The minimum absolute atomic E-state index is 0.294. The number of esters is 1. The molecule has 0 aliphatic carbocycles. The van der Waals surface area contributed by atoms with Gasteiger partial charge in [0.05, 0.1) is 7.11 Å². The molecule has 1 amide bonds. The van der Waals surface area contributed by atoms with Crippen LogP contribution in [0.4, 0.5) is 10.5 Å². The molecule has 0 heterocycles. The van der Waals surface area contributed by atoms with Crippen LogP contribution in [0.1, 0.15) is 26.3 Å². The van der Waals surface area contributed by atoms with Crippen LogP contribution in [0.5, 0.6) is 0 Å². The number of benzene rings is 1. The zero-order valence-electron chi connectivity index (χ0n) is 14.5. The number of halogens is 1. The first-order valence-electron chi connectivity index (χ1n) is 7.71. The number of carbonyl (C=O) groups is 2. The minimum Gasteiger partial charge on any atom is -0.467 e. The van der Waals surface area contributed by atoms with Gasteiger partial charge in [0.1, 0.15) is 11.6 Å². The van der Waals surface area contributed by atoms with Gasteiger partial charge in [-0.05, 0) is 38.5 Å². The average molecular weight is 357 g/mol. The summed E-state index contributed by atoms with van der Waals surface area (Å²) in [6.45, 7) is 5.91. The molecule has 24 heavy (non-hydrogen) atoms. The first-order valence-corrected chi connectivity index (χ1v) is 8.24. The Morgan fingerprint density at radius 1 is 1.29 bits per heavy atom. The van der Waals surface area contributed by atoms with Crippen molar-refractivity contribution in [2.24, 2.45) is 0 Å². The Morgan fingerprint density at radius 3 is 2.58 bits per heavy atom. The first-order chi connectivity index (χ1) is 11.2. The molecule has 0 spiro atoms. The normalized spacial score (nSPS) is 12.2. The highest BCUT2D eigenvalue weighted by atomic mass is 35.5. The number of nitrogens with one attached hydrogen (secondary N) is 2. The molecule has 7 heteroatoms. The summed E-state index contributed by atoms with van der Waals surface area (Å²) in [6.07, 6.45) is -0.364. The van der Waals surface area contributed by atoms with Crippen LogP contribution >= 0.6 is 11.6 Å². The number of anilines is 1. The molecule has 134 valence electrons. The van der Waals surface area contributed by atoms with Crippen LogP contribution in [-0.2, 0) is 20.7 Å². The van der Waals surface area contributed by atoms with Crippen molar-refractivity contribution in [3.63, 3.8) is 0 Å². The highest BCUT2D eigenvalue weighted by Gasteiger charge is 2.25. The van der Waals surface area contributed by atoms with E-state index >= 15 is 0 Å². The van der Waals surface area contributed by atoms with E-state index in [1.54, 1.807) is 20.8 Å². The van der Waals surface area contributed by atoms with E-state index in [0.717, 1.165) is 11.3 Å². The van der Waals surface area contributed by atoms with Crippen LogP contribution in [0, 0.1) is 0 Å². The van der Waals surface area contributed by atoms with Gasteiger partial charge in [-0.25, -0.2) is 9.59 Å². The Balaban J connectivity index is 2.79. The van der Waals surface area contributed by atoms with Crippen molar-refractivity contribution in [1.29, 1.82) is 0 Å². The van der Waals surface area contributed by atoms with Gasteiger partial charge in [0, 0.05) is 24.5 Å². The van der Waals surface area contributed by atoms with Gasteiger partial charge in [-0.1, -0.05) is 12.1 Å². The average Bonchev–Trinajstić information content (AvgIpc) is 2.50. The highest BCUT2D eigenvalue weighted by molar-refractivity contribution is 6.18. The molecule has 0 aliphatic heterocycles. The number of methoxy groups -OCH3 is 1. The number of carbonyl (C=O) groups excluding carboxylic acids is 2. The zero-order chi connectivity index (χ0) is 18.2. The largest absolute Gasteiger partial charge is 0.467 e. The monoisotopic (exact) mass is 356 g/mol. The van der Waals surface area contributed by atoms with Crippen LogP contribution in [0.2, 0.25) is 0 Å². The molecule has 6 nitrogen and oxygen atoms in total. The van der Waals surface area contributed by atoms with E-state index in [1.807, 2.05) is 24.3 Å². The number of hydrogen-bond donors (Lipinski definition) is 2. The van der Waals surface area contributed by atoms with Crippen molar-refractivity contribution >= 4 is 29.4 Å². The van der Waals surface area contributed by atoms with Crippen molar-refractivity contribution in [3.8, 4) is 0 Å². The maximum absolute atomic E-state index is 11.9. The third kappa shape index (κ3) is 7.55. The van der Waals surface area contributed by atoms with Crippen LogP contribution in [0.25, 0.3) is 0 Å². The molecule has 0 aliphatic rings. The van der Waals surface area contributed by atoms with Gasteiger partial charge in [0.25, 0.3) is 0 Å². The van der Waals surface area contributed by atoms with Crippen LogP contribution in [0.3, 0.4) is 0 Å². The molecule has 0 fully saturated rings. The van der Waals surface area contributed by atoms with E-state index in [2.05, 4.69) is 10.6 Å². The van der Waals surface area contributed by atoms with Crippen molar-refractivity contribution in [1.82, 2.24) is 5.32 Å². The molecule has 1 unspecified atom stereocenters. The maximum Gasteiger partial charge on any atom is 0.408 e. The summed E-state index contributed by atoms with van der Waals surface area (Å²) >= 11 is 5.66. The molecule has 2 N–H and O–H groups in total. The lowest BCUT2D eigenvalue weighted by Gasteiger charge is -2.22. The van der Waals surface area contributed by atoms with Crippen LogP contribution in [0.15, 0.2) is 24.3 Å². The molecule has 1 aromatic carbocycles. The number of rotatable bonds is 7. The fourth-order valence-corrected chi connectivity index (χ4v) is 2.12. The Morgan fingerprint density at radius 2 is 2.00 bits per heavy atom. The van der Waals surface area contributed by atoms with E-state index in [-0.39, 0.29) is 0 Å². The van der Waals surface area contributed by atoms with E-state index in [1.165, 1.54) is 7.11 Å². The smallest absolute Gasteiger partial charge is 0.408 e. The Kier molecular flexibility index (Phi) is 7.85. The molecule has 0 saturated carbocycles. The van der Waals surface area contributed by atoms with E-state index in [0.29, 0.717) is 18.8 Å². The van der Waals surface area contributed by atoms with Crippen LogP contribution in [-0.4, -0.2) is 43.2 Å². The second kappa shape index (κ2) is 9.37. The second-order valence-electron chi connectivity index (χ2n) is 6.24. The Labute approximate surface area is 147 Å². The highest BCUT2D eigenvalue weighted by Crippen LogP contribution is 2.14. The number of alkyl carbamates (subject to hydrolysis) is 1. The molecule has 1 atom stereocenters. The third-order valence-corrected chi connectivity index (χ3v) is 3.16. The molecule has 0 bridgehead atoms. The van der Waals surface area contributed by atoms with E-state index in [9.17, 15) is 9.59 Å². The lowest BCUT2D eigenvalue weighted by Crippen LogP contribution is -2.45. The number of hydrogen-bond acceptors (Lipinski definition) is 5. The van der Waals surface area contributed by atoms with Gasteiger partial charge in [-0.15, -0.1) is 11.6 Å². The summed E-state index contributed by atoms with van der Waals surface area (Å²) in [6, 6.07) is 6.73. The summed E-state index contributed by atoms with van der Waals surface area (Å²) in [7, 11) is 1.28. The zero-order valence-corrected chi connectivity index (χ0v) is 15.3. The van der Waals surface area contributed by atoms with Crippen LogP contribution < -0.4 is 10.6 Å². The third-order valence-electron chi connectivity index (χ3n) is 2.97. The summed E-state index contributed by atoms with van der Waals surface area (Å²) in [5, 5.41) is 5.72. The van der Waals surface area contributed by atoms with E-state index < -0.39 is 23.7 Å². The summed E-state index contributed by atoms with van der Waals surface area (Å²) < 4.78 is 9.96. The second-order valence-corrected chi connectivity index (χ2v) is 6.62. The minimum atomic E-state index is -0.826. The van der Waals surface area contributed by atoms with E-state index in [4.69, 9.17) is 21.1 Å². The van der Waals surface area contributed by atoms with Crippen molar-refractivity contribution in [3.05, 3.63) is 29.8 Å². The van der Waals surface area contributed by atoms with Crippen molar-refractivity contribution in [2.45, 2.75) is 38.8 Å². The SMILES string of the molecule is COC(=O)C(Cc1cccc(NCCCl)c1)NC(=O)OC(C)(C)C.